The first-order valence-corrected chi connectivity index (χ1v) is 11.1. The van der Waals surface area contributed by atoms with Crippen molar-refractivity contribution in [2.75, 3.05) is 10.6 Å². The maximum absolute atomic E-state index is 13.1. The summed E-state index contributed by atoms with van der Waals surface area (Å²) in [5.41, 5.74) is 1.34. The fraction of sp³-hybridized carbons (Fsp3) is 0. The second-order valence-corrected chi connectivity index (χ2v) is 7.89. The van der Waals surface area contributed by atoms with Gasteiger partial charge in [-0.05, 0) is 48.5 Å². The third kappa shape index (κ3) is 5.06. The zero-order valence-electron chi connectivity index (χ0n) is 19.6. The number of carbonyl (C=O) groups is 4. The van der Waals surface area contributed by atoms with Gasteiger partial charge >= 0.3 is 5.97 Å². The monoisotopic (exact) mass is 502 g/mol. The Hall–Kier alpha value is -5.86. The highest BCUT2D eigenvalue weighted by Gasteiger charge is 2.19. The largest absolute Gasteiger partial charge is 0.478 e. The average molecular weight is 502 g/mol. The highest BCUT2D eigenvalue weighted by atomic mass is 16.5. The smallest absolute Gasteiger partial charge is 0.336 e. The summed E-state index contributed by atoms with van der Waals surface area (Å²) in [6.07, 6.45) is 10.9. The molecule has 0 unspecified atom stereocenters. The van der Waals surface area contributed by atoms with E-state index < -0.39 is 17.8 Å². The van der Waals surface area contributed by atoms with E-state index in [0.29, 0.717) is 33.3 Å². The molecule has 0 spiro atoms. The maximum Gasteiger partial charge on any atom is 0.336 e. The van der Waals surface area contributed by atoms with Crippen LogP contribution in [0.3, 0.4) is 0 Å². The number of nitrogens with one attached hydrogen (secondary N) is 2. The molecule has 0 atom stereocenters. The third-order valence-electron chi connectivity index (χ3n) is 5.65. The van der Waals surface area contributed by atoms with Gasteiger partial charge in [-0.1, -0.05) is 36.1 Å². The van der Waals surface area contributed by atoms with Crippen molar-refractivity contribution in [1.29, 1.82) is 0 Å². The third-order valence-corrected chi connectivity index (χ3v) is 5.65. The number of carbonyl (C=O) groups excluding carboxylic acids is 3. The van der Waals surface area contributed by atoms with Gasteiger partial charge < -0.3 is 20.5 Å². The van der Waals surface area contributed by atoms with Gasteiger partial charge in [-0.3, -0.25) is 14.4 Å². The van der Waals surface area contributed by atoms with Crippen molar-refractivity contribution in [2.45, 2.75) is 0 Å². The molecule has 0 aromatic heterocycles. The number of hydrogen-bond donors (Lipinski definition) is 3. The first-order chi connectivity index (χ1) is 18.4. The Balaban J connectivity index is 1.70. The van der Waals surface area contributed by atoms with Crippen LogP contribution < -0.4 is 15.4 Å². The van der Waals surface area contributed by atoms with Crippen molar-refractivity contribution in [3.8, 4) is 30.4 Å². The molecule has 4 aromatic carbocycles. The Kier molecular flexibility index (Phi) is 7.18. The summed E-state index contributed by atoms with van der Waals surface area (Å²) in [6, 6.07) is 18.6. The molecule has 2 amide bonds. The van der Waals surface area contributed by atoms with E-state index in [4.69, 9.17) is 17.6 Å². The van der Waals surface area contributed by atoms with Gasteiger partial charge in [0.05, 0.1) is 16.7 Å². The zero-order valence-corrected chi connectivity index (χ0v) is 19.6. The number of anilines is 2. The number of aromatic carboxylic acids is 1. The Morgan fingerprint density at radius 1 is 0.737 bits per heavy atom. The molecule has 8 heteroatoms. The Labute approximate surface area is 217 Å². The van der Waals surface area contributed by atoms with E-state index in [-0.39, 0.29) is 28.9 Å². The van der Waals surface area contributed by atoms with Crippen LogP contribution in [0.4, 0.5) is 11.4 Å². The van der Waals surface area contributed by atoms with E-state index in [1.54, 1.807) is 36.4 Å². The summed E-state index contributed by atoms with van der Waals surface area (Å²) in [4.78, 5) is 48.7. The molecule has 0 saturated carbocycles. The van der Waals surface area contributed by atoms with Crippen molar-refractivity contribution >= 4 is 46.4 Å². The number of carboxylic acid groups (broad SMARTS) is 1. The van der Waals surface area contributed by atoms with Crippen molar-refractivity contribution < 1.29 is 29.0 Å². The fourth-order valence-electron chi connectivity index (χ4n) is 3.87. The maximum atomic E-state index is 13.1. The lowest BCUT2D eigenvalue weighted by Crippen LogP contribution is -2.17. The molecule has 184 valence electrons. The van der Waals surface area contributed by atoms with Gasteiger partial charge in [0.1, 0.15) is 5.75 Å². The Morgan fingerprint density at radius 3 is 1.79 bits per heavy atom. The molecular weight excluding hydrogens is 484 g/mol. The topological polar surface area (TPSA) is 122 Å². The second kappa shape index (κ2) is 10.8. The van der Waals surface area contributed by atoms with Gasteiger partial charge in [-0.25, -0.2) is 4.79 Å². The van der Waals surface area contributed by atoms with Crippen LogP contribution in [0.5, 0.6) is 5.75 Å². The van der Waals surface area contributed by atoms with Crippen LogP contribution in [0, 0.1) is 24.7 Å². The highest BCUT2D eigenvalue weighted by Crippen LogP contribution is 2.31. The Morgan fingerprint density at radius 2 is 1.26 bits per heavy atom. The van der Waals surface area contributed by atoms with Crippen LogP contribution in [0.25, 0.3) is 10.8 Å². The number of benzene rings is 4. The predicted octanol–water partition coefficient (Wildman–Crippen LogP) is 4.54. The molecule has 4 rings (SSSR count). The molecule has 0 heterocycles. The van der Waals surface area contributed by atoms with Crippen LogP contribution in [0.2, 0.25) is 0 Å². The van der Waals surface area contributed by atoms with Crippen LogP contribution in [-0.4, -0.2) is 29.4 Å². The van der Waals surface area contributed by atoms with Crippen LogP contribution >= 0.6 is 0 Å². The molecule has 0 aliphatic carbocycles. The minimum atomic E-state index is -1.27. The van der Waals surface area contributed by atoms with Gasteiger partial charge in [-0.2, -0.15) is 0 Å². The number of rotatable bonds is 7. The summed E-state index contributed by atoms with van der Waals surface area (Å²) >= 11 is 0. The summed E-state index contributed by atoms with van der Waals surface area (Å²) < 4.78 is 4.92. The van der Waals surface area contributed by atoms with Crippen molar-refractivity contribution in [1.82, 2.24) is 0 Å². The highest BCUT2D eigenvalue weighted by molar-refractivity contribution is 6.16. The minimum absolute atomic E-state index is 0.0353. The number of hydrogen-bond acceptors (Lipinski definition) is 5. The number of ether oxygens (including phenoxy) is 1. The molecule has 3 N–H and O–H groups in total. The summed E-state index contributed by atoms with van der Waals surface area (Å²) in [6.45, 7) is 0.212. The normalized spacial score (nSPS) is 10.1. The molecule has 38 heavy (non-hydrogen) atoms. The zero-order chi connectivity index (χ0) is 27.2. The molecule has 4 aromatic rings. The molecule has 0 aliphatic heterocycles. The van der Waals surface area contributed by atoms with Crippen molar-refractivity contribution in [2.24, 2.45) is 0 Å². The lowest BCUT2D eigenvalue weighted by molar-refractivity contribution is -0.120. The molecule has 0 aliphatic rings. The van der Waals surface area contributed by atoms with Crippen LogP contribution in [-0.2, 0) is 4.79 Å². The SMILES string of the molecule is C#Cc1ccc(OC=O)c(C(=O)Nc2cccc3c(NC(=O)c4cc(C#C)ccc4C(=O)O)cccc23)c1. The van der Waals surface area contributed by atoms with E-state index in [0.717, 1.165) is 0 Å². The van der Waals surface area contributed by atoms with Gasteiger partial charge in [0, 0.05) is 33.3 Å². The van der Waals surface area contributed by atoms with Gasteiger partial charge in [0.25, 0.3) is 18.3 Å². The molecule has 0 bridgehead atoms. The predicted molar refractivity (Wildman–Crippen MR) is 142 cm³/mol. The quantitative estimate of drug-likeness (QED) is 0.252. The van der Waals surface area contributed by atoms with E-state index in [1.165, 1.54) is 36.4 Å². The first-order valence-electron chi connectivity index (χ1n) is 11.1. The fourth-order valence-corrected chi connectivity index (χ4v) is 3.87. The second-order valence-electron chi connectivity index (χ2n) is 7.89. The number of carboxylic acids is 1. The van der Waals surface area contributed by atoms with E-state index >= 15 is 0 Å². The standard InChI is InChI=1S/C30H18N2O6/c1-3-18-11-13-22(30(36)37)23(15-18)28(34)31-25-9-5-8-21-20(25)7-6-10-26(21)32-29(35)24-16-19(4-2)12-14-27(24)38-17-33/h1-2,5-17H,(H,31,34)(H,32,35)(H,36,37). The van der Waals surface area contributed by atoms with Crippen molar-refractivity contribution in [3.05, 3.63) is 101 Å². The number of terminal acetylenes is 2. The molecular formula is C30H18N2O6. The average Bonchev–Trinajstić information content (AvgIpc) is 2.93. The van der Waals surface area contributed by atoms with E-state index in [9.17, 15) is 24.3 Å². The summed E-state index contributed by atoms with van der Waals surface area (Å²) in [5, 5.41) is 16.2. The van der Waals surface area contributed by atoms with Gasteiger partial charge in [0.2, 0.25) is 0 Å². The van der Waals surface area contributed by atoms with Crippen LogP contribution in [0.1, 0.15) is 42.2 Å². The molecule has 0 saturated heterocycles. The van der Waals surface area contributed by atoms with Gasteiger partial charge in [-0.15, -0.1) is 12.8 Å². The minimum Gasteiger partial charge on any atom is -0.478 e. The molecule has 8 nitrogen and oxygen atoms in total. The van der Waals surface area contributed by atoms with Crippen LogP contribution in [0.15, 0.2) is 72.8 Å². The lowest BCUT2D eigenvalue weighted by atomic mass is 10.0. The van der Waals surface area contributed by atoms with E-state index in [2.05, 4.69) is 22.5 Å². The summed E-state index contributed by atoms with van der Waals surface area (Å²) in [7, 11) is 0. The molecule has 0 radical (unpaired) electrons. The number of amides is 2. The number of fused-ring (bicyclic) bond motifs is 1. The molecule has 0 fully saturated rings. The first kappa shape index (κ1) is 25.2. The van der Waals surface area contributed by atoms with Gasteiger partial charge in [0.15, 0.2) is 0 Å². The van der Waals surface area contributed by atoms with Crippen molar-refractivity contribution in [3.63, 3.8) is 0 Å². The van der Waals surface area contributed by atoms with E-state index in [1.807, 2.05) is 0 Å². The lowest BCUT2D eigenvalue weighted by Gasteiger charge is -2.14. The Bertz CT molecular complexity index is 1710. The summed E-state index contributed by atoms with van der Waals surface area (Å²) in [5.74, 6) is 2.35.